The number of halogens is 3. The number of hydrogen-bond acceptors (Lipinski definition) is 2. The molecule has 0 spiro atoms. The van der Waals surface area contributed by atoms with E-state index in [-0.39, 0.29) is 0 Å². The number of alkyl halides is 3. The normalized spacial score (nSPS) is 10.8. The minimum atomic E-state index is -4.12. The monoisotopic (exact) mass is 178 g/mol. The summed E-state index contributed by atoms with van der Waals surface area (Å²) in [5.41, 5.74) is 0. The quantitative estimate of drug-likeness (QED) is 0.595. The van der Waals surface area contributed by atoms with Crippen molar-refractivity contribution < 1.29 is 22.8 Å². The van der Waals surface area contributed by atoms with Crippen LogP contribution in [0.4, 0.5) is 13.2 Å². The summed E-state index contributed by atoms with van der Waals surface area (Å²) in [6.45, 7) is -2.01. The smallest absolute Gasteiger partial charge is 0.381 e. The van der Waals surface area contributed by atoms with Crippen LogP contribution in [0.3, 0.4) is 0 Å². The third-order valence-electron chi connectivity index (χ3n) is 0.161. The standard InChI is InChI=1S/C2H3F3O.C2H6OS/c3-1-2(4,5)6;1-4(2)3/h6H,1H2;1-2H3. The van der Waals surface area contributed by atoms with Gasteiger partial charge in [0, 0.05) is 0 Å². The van der Waals surface area contributed by atoms with Crippen LogP contribution < -0.4 is 0 Å². The molecule has 0 aliphatic carbocycles. The molecule has 0 aliphatic heterocycles. The van der Waals surface area contributed by atoms with Crippen LogP contribution in [0.1, 0.15) is 0 Å². The minimum absolute atomic E-state index is 0.611. The van der Waals surface area contributed by atoms with Crippen molar-refractivity contribution in [3.05, 3.63) is 0 Å². The van der Waals surface area contributed by atoms with Gasteiger partial charge in [0.1, 0.15) is 0 Å². The van der Waals surface area contributed by atoms with Crippen molar-refractivity contribution in [3.8, 4) is 0 Å². The van der Waals surface area contributed by atoms with Crippen LogP contribution in [0, 0.1) is 0 Å². The Balaban J connectivity index is 0. The summed E-state index contributed by atoms with van der Waals surface area (Å²) in [6, 6.07) is 0. The second kappa shape index (κ2) is 5.82. The molecule has 2 nitrogen and oxygen atoms in total. The van der Waals surface area contributed by atoms with E-state index in [4.69, 9.17) is 5.11 Å². The highest BCUT2D eigenvalue weighted by Gasteiger charge is 2.22. The third kappa shape index (κ3) is 42.9. The largest absolute Gasteiger partial charge is 0.617 e. The Morgan fingerprint density at radius 3 is 1.60 bits per heavy atom. The van der Waals surface area contributed by atoms with E-state index in [1.165, 1.54) is 0 Å². The molecule has 6 heteroatoms. The van der Waals surface area contributed by atoms with Crippen LogP contribution >= 0.6 is 0 Å². The highest BCUT2D eigenvalue weighted by atomic mass is 32.2. The molecule has 0 rings (SSSR count). The SMILES string of the molecule is C[S+](C)[O-].OC(F)(F)CF. The molecule has 0 unspecified atom stereocenters. The molecule has 1 N–H and O–H groups in total. The summed E-state index contributed by atoms with van der Waals surface area (Å²) in [5, 5.41) is 7.12. The van der Waals surface area contributed by atoms with Gasteiger partial charge < -0.3 is 9.66 Å². The van der Waals surface area contributed by atoms with E-state index in [2.05, 4.69) is 0 Å². The van der Waals surface area contributed by atoms with Gasteiger partial charge in [-0.3, -0.25) is 0 Å². The maximum absolute atomic E-state index is 10.6. The maximum Gasteiger partial charge on any atom is 0.381 e. The molecule has 0 aromatic carbocycles. The van der Waals surface area contributed by atoms with Crippen LogP contribution in [-0.4, -0.2) is 35.0 Å². The first-order valence-corrected chi connectivity index (χ1v) is 4.17. The van der Waals surface area contributed by atoms with Crippen molar-refractivity contribution in [1.82, 2.24) is 0 Å². The fourth-order valence-electron chi connectivity index (χ4n) is 0. The Labute approximate surface area is 60.2 Å². The minimum Gasteiger partial charge on any atom is -0.617 e. The average molecular weight is 178 g/mol. The lowest BCUT2D eigenvalue weighted by molar-refractivity contribution is -0.208. The second-order valence-corrected chi connectivity index (χ2v) is 3.02. The van der Waals surface area contributed by atoms with E-state index in [0.29, 0.717) is 0 Å². The van der Waals surface area contributed by atoms with Crippen molar-refractivity contribution in [2.45, 2.75) is 6.11 Å². The Kier molecular flexibility index (Phi) is 7.39. The molecule has 0 saturated carbocycles. The molecule has 0 atom stereocenters. The fraction of sp³-hybridized carbons (Fsp3) is 1.00. The predicted molar refractivity (Wildman–Crippen MR) is 33.1 cm³/mol. The molecule has 0 bridgehead atoms. The Bertz CT molecular complexity index is 70.6. The van der Waals surface area contributed by atoms with Gasteiger partial charge in [-0.2, -0.15) is 8.78 Å². The zero-order chi connectivity index (χ0) is 8.78. The van der Waals surface area contributed by atoms with Gasteiger partial charge in [-0.25, -0.2) is 4.39 Å². The first kappa shape index (κ1) is 12.7. The number of hydrogen-bond donors (Lipinski definition) is 1. The van der Waals surface area contributed by atoms with Gasteiger partial charge >= 0.3 is 6.11 Å². The van der Waals surface area contributed by atoms with E-state index >= 15 is 0 Å². The number of aliphatic hydroxyl groups is 1. The first-order valence-electron chi connectivity index (χ1n) is 2.21. The lowest BCUT2D eigenvalue weighted by Gasteiger charge is -1.97. The van der Waals surface area contributed by atoms with E-state index in [0.717, 1.165) is 0 Å². The van der Waals surface area contributed by atoms with Crippen LogP contribution in [-0.2, 0) is 11.2 Å². The molecule has 0 heterocycles. The molecular formula is C4H9F3O2S. The van der Waals surface area contributed by atoms with Gasteiger partial charge in [0.25, 0.3) is 0 Å². The topological polar surface area (TPSA) is 43.3 Å². The van der Waals surface area contributed by atoms with Gasteiger partial charge in [-0.05, 0) is 0 Å². The molecule has 0 aromatic heterocycles. The molecular weight excluding hydrogens is 169 g/mol. The van der Waals surface area contributed by atoms with Crippen molar-refractivity contribution in [3.63, 3.8) is 0 Å². The molecule has 0 aliphatic rings. The molecule has 64 valence electrons. The second-order valence-electron chi connectivity index (χ2n) is 1.54. The van der Waals surface area contributed by atoms with Crippen molar-refractivity contribution in [2.24, 2.45) is 0 Å². The van der Waals surface area contributed by atoms with Gasteiger partial charge in [0.15, 0.2) is 6.67 Å². The summed E-state index contributed by atoms with van der Waals surface area (Å²) in [7, 11) is 0. The van der Waals surface area contributed by atoms with E-state index < -0.39 is 24.0 Å². The first-order chi connectivity index (χ1) is 4.29. The zero-order valence-electron chi connectivity index (χ0n) is 5.60. The summed E-state index contributed by atoms with van der Waals surface area (Å²) in [4.78, 5) is 0. The Morgan fingerprint density at radius 1 is 1.50 bits per heavy atom. The van der Waals surface area contributed by atoms with Gasteiger partial charge in [0.05, 0.1) is 12.5 Å². The molecule has 0 radical (unpaired) electrons. The van der Waals surface area contributed by atoms with Crippen molar-refractivity contribution in [1.29, 1.82) is 0 Å². The van der Waals surface area contributed by atoms with Crippen LogP contribution in [0.2, 0.25) is 0 Å². The summed E-state index contributed by atoms with van der Waals surface area (Å²) < 4.78 is 41.3. The molecule has 0 fully saturated rings. The molecule has 10 heavy (non-hydrogen) atoms. The molecule has 0 amide bonds. The summed E-state index contributed by atoms with van der Waals surface area (Å²) in [6.07, 6.45) is -0.847. The molecule has 0 aromatic rings. The highest BCUT2D eigenvalue weighted by molar-refractivity contribution is 7.89. The lowest BCUT2D eigenvalue weighted by Crippen LogP contribution is -2.15. The van der Waals surface area contributed by atoms with E-state index in [1.54, 1.807) is 12.5 Å². The zero-order valence-corrected chi connectivity index (χ0v) is 6.42. The third-order valence-corrected chi connectivity index (χ3v) is 0.161. The average Bonchev–Trinajstić information content (AvgIpc) is 1.63. The number of rotatable bonds is 1. The maximum atomic E-state index is 10.6. The van der Waals surface area contributed by atoms with Gasteiger partial charge in [-0.1, -0.05) is 11.2 Å². The van der Waals surface area contributed by atoms with Crippen LogP contribution in [0.25, 0.3) is 0 Å². The van der Waals surface area contributed by atoms with Crippen molar-refractivity contribution >= 4 is 11.2 Å². The Hall–Kier alpha value is 0.0600. The van der Waals surface area contributed by atoms with E-state index in [1.807, 2.05) is 0 Å². The van der Waals surface area contributed by atoms with Gasteiger partial charge in [0.2, 0.25) is 0 Å². The predicted octanol–water partition coefficient (Wildman–Crippen LogP) is 0.536. The van der Waals surface area contributed by atoms with Crippen LogP contribution in [0.5, 0.6) is 0 Å². The van der Waals surface area contributed by atoms with Crippen molar-refractivity contribution in [2.75, 3.05) is 19.2 Å². The van der Waals surface area contributed by atoms with E-state index in [9.17, 15) is 17.7 Å². The fourth-order valence-corrected chi connectivity index (χ4v) is 0. The Morgan fingerprint density at radius 2 is 1.60 bits per heavy atom. The van der Waals surface area contributed by atoms with Gasteiger partial charge in [-0.15, -0.1) is 0 Å². The summed E-state index contributed by atoms with van der Waals surface area (Å²) in [5.74, 6) is 0. The highest BCUT2D eigenvalue weighted by Crippen LogP contribution is 2.06. The summed E-state index contributed by atoms with van der Waals surface area (Å²) >= 11 is -0.611. The lowest BCUT2D eigenvalue weighted by atomic mass is 10.7. The van der Waals surface area contributed by atoms with Crippen LogP contribution in [0.15, 0.2) is 0 Å². The molecule has 0 saturated heterocycles.